The predicted molar refractivity (Wildman–Crippen MR) is 75.7 cm³/mol. The number of aryl methyl sites for hydroxylation is 1. The Morgan fingerprint density at radius 2 is 1.83 bits per heavy atom. The molecule has 0 unspecified atom stereocenters. The number of imidazole rings is 1. The number of nitrogens with two attached hydrogens (primary N) is 2. The van der Waals surface area contributed by atoms with Gasteiger partial charge in [-0.1, -0.05) is 45.0 Å². The molecule has 0 fully saturated rings. The van der Waals surface area contributed by atoms with E-state index in [0.717, 1.165) is 23.5 Å². The molecule has 2 rings (SSSR count). The highest BCUT2D eigenvalue weighted by molar-refractivity contribution is 5.71. The van der Waals surface area contributed by atoms with Crippen LogP contribution in [0, 0.1) is 0 Å². The fourth-order valence-electron chi connectivity index (χ4n) is 1.98. The third-order valence-corrected chi connectivity index (χ3v) is 3.13. The van der Waals surface area contributed by atoms with Crippen molar-refractivity contribution in [3.63, 3.8) is 0 Å². The lowest BCUT2D eigenvalue weighted by Crippen LogP contribution is -2.16. The zero-order valence-electron chi connectivity index (χ0n) is 11.1. The SMILES string of the molecule is CCc1ccc(-c2nc(C(C)C)n(N)c2N)cc1. The molecule has 2 aromatic rings. The molecule has 0 bridgehead atoms. The second-order valence-corrected chi connectivity index (χ2v) is 4.78. The number of benzene rings is 1. The minimum absolute atomic E-state index is 0.251. The molecule has 0 aliphatic rings. The zero-order valence-corrected chi connectivity index (χ0v) is 11.1. The summed E-state index contributed by atoms with van der Waals surface area (Å²) in [6.07, 6.45) is 1.03. The smallest absolute Gasteiger partial charge is 0.150 e. The lowest BCUT2D eigenvalue weighted by molar-refractivity contribution is 0.739. The van der Waals surface area contributed by atoms with E-state index in [1.807, 2.05) is 12.1 Å². The van der Waals surface area contributed by atoms with E-state index in [1.165, 1.54) is 10.2 Å². The fourth-order valence-corrected chi connectivity index (χ4v) is 1.98. The lowest BCUT2D eigenvalue weighted by atomic mass is 10.1. The minimum Gasteiger partial charge on any atom is -0.382 e. The van der Waals surface area contributed by atoms with Crippen LogP contribution in [0.25, 0.3) is 11.3 Å². The van der Waals surface area contributed by atoms with Gasteiger partial charge in [0.15, 0.2) is 5.82 Å². The van der Waals surface area contributed by atoms with E-state index in [4.69, 9.17) is 11.6 Å². The van der Waals surface area contributed by atoms with Crippen LogP contribution in [0.15, 0.2) is 24.3 Å². The van der Waals surface area contributed by atoms with Gasteiger partial charge in [-0.25, -0.2) is 9.66 Å². The maximum absolute atomic E-state index is 6.02. The molecule has 4 N–H and O–H groups in total. The van der Waals surface area contributed by atoms with Crippen molar-refractivity contribution in [1.29, 1.82) is 0 Å². The van der Waals surface area contributed by atoms with Gasteiger partial charge in [0.05, 0.1) is 0 Å². The summed E-state index contributed by atoms with van der Waals surface area (Å²) < 4.78 is 1.48. The Labute approximate surface area is 108 Å². The minimum atomic E-state index is 0.251. The average Bonchev–Trinajstić information content (AvgIpc) is 2.67. The van der Waals surface area contributed by atoms with Gasteiger partial charge in [0.2, 0.25) is 0 Å². The Hall–Kier alpha value is -1.97. The Morgan fingerprint density at radius 3 is 2.28 bits per heavy atom. The van der Waals surface area contributed by atoms with Gasteiger partial charge < -0.3 is 11.6 Å². The lowest BCUT2D eigenvalue weighted by Gasteiger charge is -2.04. The number of rotatable bonds is 3. The molecule has 0 saturated carbocycles. The fraction of sp³-hybridized carbons (Fsp3) is 0.357. The van der Waals surface area contributed by atoms with Crippen LogP contribution in [0.1, 0.15) is 38.1 Å². The number of hydrogen-bond donors (Lipinski definition) is 2. The molecule has 4 heteroatoms. The standard InChI is InChI=1S/C14H20N4/c1-4-10-5-7-11(8-6-10)12-13(15)18(16)14(17-12)9(2)3/h5-9H,4,15-16H2,1-3H3. The van der Waals surface area contributed by atoms with Gasteiger partial charge in [0.1, 0.15) is 11.5 Å². The summed E-state index contributed by atoms with van der Waals surface area (Å²) >= 11 is 0. The normalized spacial score (nSPS) is 11.1. The maximum Gasteiger partial charge on any atom is 0.150 e. The molecular weight excluding hydrogens is 224 g/mol. The number of nitrogens with zero attached hydrogens (tertiary/aromatic N) is 2. The van der Waals surface area contributed by atoms with Gasteiger partial charge in [0, 0.05) is 11.5 Å². The summed E-state index contributed by atoms with van der Waals surface area (Å²) in [4.78, 5) is 4.55. The number of nitrogen functional groups attached to an aromatic ring is 2. The third-order valence-electron chi connectivity index (χ3n) is 3.13. The van der Waals surface area contributed by atoms with Crippen molar-refractivity contribution in [3.05, 3.63) is 35.7 Å². The molecule has 4 nitrogen and oxygen atoms in total. The van der Waals surface area contributed by atoms with Crippen LogP contribution in [0.4, 0.5) is 5.82 Å². The van der Waals surface area contributed by atoms with E-state index in [1.54, 1.807) is 0 Å². The predicted octanol–water partition coefficient (Wildman–Crippen LogP) is 2.53. The van der Waals surface area contributed by atoms with Gasteiger partial charge in [0.25, 0.3) is 0 Å². The third kappa shape index (κ3) is 2.06. The first-order chi connectivity index (χ1) is 8.54. The van der Waals surface area contributed by atoms with E-state index in [-0.39, 0.29) is 5.92 Å². The van der Waals surface area contributed by atoms with Crippen LogP contribution in [-0.2, 0) is 6.42 Å². The molecule has 1 aromatic heterocycles. The molecule has 0 radical (unpaired) electrons. The van der Waals surface area contributed by atoms with Crippen LogP contribution in [0.2, 0.25) is 0 Å². The molecule has 0 amide bonds. The van der Waals surface area contributed by atoms with Gasteiger partial charge >= 0.3 is 0 Å². The molecule has 1 aromatic carbocycles. The maximum atomic E-state index is 6.02. The first-order valence-corrected chi connectivity index (χ1v) is 6.27. The van der Waals surface area contributed by atoms with Crippen LogP contribution in [0.5, 0.6) is 0 Å². The Morgan fingerprint density at radius 1 is 1.22 bits per heavy atom. The number of hydrogen-bond acceptors (Lipinski definition) is 3. The van der Waals surface area contributed by atoms with Crippen molar-refractivity contribution in [2.24, 2.45) is 0 Å². The number of anilines is 1. The molecule has 0 atom stereocenters. The molecule has 0 aliphatic heterocycles. The van der Waals surface area contributed by atoms with Crippen LogP contribution in [0.3, 0.4) is 0 Å². The Bertz CT molecular complexity index is 538. The molecule has 0 spiro atoms. The molecule has 0 aliphatic carbocycles. The Balaban J connectivity index is 2.47. The van der Waals surface area contributed by atoms with Crippen molar-refractivity contribution < 1.29 is 0 Å². The van der Waals surface area contributed by atoms with Crippen molar-refractivity contribution in [2.45, 2.75) is 33.1 Å². The van der Waals surface area contributed by atoms with E-state index in [0.29, 0.717) is 5.82 Å². The molecule has 18 heavy (non-hydrogen) atoms. The van der Waals surface area contributed by atoms with Gasteiger partial charge in [-0.15, -0.1) is 0 Å². The second kappa shape index (κ2) is 4.72. The summed E-state index contributed by atoms with van der Waals surface area (Å²) in [6.45, 7) is 6.24. The largest absolute Gasteiger partial charge is 0.382 e. The molecule has 0 saturated heterocycles. The Kier molecular flexibility index (Phi) is 3.28. The highest BCUT2D eigenvalue weighted by Gasteiger charge is 2.16. The van der Waals surface area contributed by atoms with E-state index < -0.39 is 0 Å². The first kappa shape index (κ1) is 12.5. The summed E-state index contributed by atoms with van der Waals surface area (Å²) in [5.74, 6) is 7.50. The van der Waals surface area contributed by atoms with Crippen molar-refractivity contribution in [2.75, 3.05) is 11.6 Å². The zero-order chi connectivity index (χ0) is 13.3. The van der Waals surface area contributed by atoms with Gasteiger partial charge in [-0.05, 0) is 12.0 Å². The average molecular weight is 244 g/mol. The quantitative estimate of drug-likeness (QED) is 0.815. The highest BCUT2D eigenvalue weighted by atomic mass is 15.4. The summed E-state index contributed by atoms with van der Waals surface area (Å²) in [7, 11) is 0. The highest BCUT2D eigenvalue weighted by Crippen LogP contribution is 2.27. The molecular formula is C14H20N4. The van der Waals surface area contributed by atoms with E-state index >= 15 is 0 Å². The summed E-state index contributed by atoms with van der Waals surface area (Å²) in [6, 6.07) is 8.28. The second-order valence-electron chi connectivity index (χ2n) is 4.78. The van der Waals surface area contributed by atoms with Crippen molar-refractivity contribution in [1.82, 2.24) is 9.66 Å². The molecule has 1 heterocycles. The van der Waals surface area contributed by atoms with E-state index in [9.17, 15) is 0 Å². The molecule has 96 valence electrons. The van der Waals surface area contributed by atoms with E-state index in [2.05, 4.69) is 37.9 Å². The van der Waals surface area contributed by atoms with Crippen molar-refractivity contribution in [3.8, 4) is 11.3 Å². The van der Waals surface area contributed by atoms with Crippen LogP contribution >= 0.6 is 0 Å². The summed E-state index contributed by atoms with van der Waals surface area (Å²) in [5.41, 5.74) is 9.10. The topological polar surface area (TPSA) is 69.9 Å². The van der Waals surface area contributed by atoms with Crippen LogP contribution in [-0.4, -0.2) is 9.66 Å². The monoisotopic (exact) mass is 244 g/mol. The van der Waals surface area contributed by atoms with Crippen LogP contribution < -0.4 is 11.6 Å². The van der Waals surface area contributed by atoms with Crippen molar-refractivity contribution >= 4 is 5.82 Å². The van der Waals surface area contributed by atoms with Gasteiger partial charge in [-0.3, -0.25) is 0 Å². The number of aromatic nitrogens is 2. The first-order valence-electron chi connectivity index (χ1n) is 6.27. The van der Waals surface area contributed by atoms with Gasteiger partial charge in [-0.2, -0.15) is 0 Å². The summed E-state index contributed by atoms with van der Waals surface area (Å²) in [5, 5.41) is 0.